The van der Waals surface area contributed by atoms with Crippen LogP contribution in [0, 0.1) is 0 Å². The average molecular weight is 259 g/mol. The van der Waals surface area contributed by atoms with Crippen LogP contribution in [0.15, 0.2) is 0 Å². The van der Waals surface area contributed by atoms with Gasteiger partial charge in [0.1, 0.15) is 5.60 Å². The van der Waals surface area contributed by atoms with E-state index in [-0.39, 0.29) is 5.91 Å². The van der Waals surface area contributed by atoms with Gasteiger partial charge in [0.15, 0.2) is 0 Å². The van der Waals surface area contributed by atoms with Gasteiger partial charge in [0.25, 0.3) is 0 Å². The lowest BCUT2D eigenvalue weighted by atomic mass is 10.2. The number of carbonyl (C=O) groups excluding carboxylic acids is 2. The summed E-state index contributed by atoms with van der Waals surface area (Å²) in [5.41, 5.74) is 4.81. The van der Waals surface area contributed by atoms with E-state index in [0.717, 1.165) is 6.42 Å². The summed E-state index contributed by atoms with van der Waals surface area (Å²) in [4.78, 5) is 22.6. The zero-order chi connectivity index (χ0) is 14.0. The fourth-order valence-electron chi connectivity index (χ4n) is 1.17. The molecule has 0 aliphatic carbocycles. The second-order valence-electron chi connectivity index (χ2n) is 5.02. The number of hydrogen-bond donors (Lipinski definition) is 3. The number of alkyl carbamates (subject to hydrolysis) is 1. The molecule has 0 atom stereocenters. The van der Waals surface area contributed by atoms with Crippen molar-refractivity contribution in [2.75, 3.05) is 19.6 Å². The molecule has 0 saturated carbocycles. The van der Waals surface area contributed by atoms with Crippen LogP contribution in [-0.2, 0) is 9.53 Å². The number of nitrogens with one attached hydrogen (secondary N) is 2. The zero-order valence-electron chi connectivity index (χ0n) is 11.5. The van der Waals surface area contributed by atoms with Crippen molar-refractivity contribution in [1.29, 1.82) is 0 Å². The molecule has 0 unspecified atom stereocenters. The van der Waals surface area contributed by atoms with Crippen LogP contribution in [0.25, 0.3) is 0 Å². The monoisotopic (exact) mass is 259 g/mol. The predicted molar refractivity (Wildman–Crippen MR) is 70.2 cm³/mol. The summed E-state index contributed by atoms with van der Waals surface area (Å²) in [5.74, 6) is -0.0190. The maximum atomic E-state index is 11.3. The first-order valence-corrected chi connectivity index (χ1v) is 6.29. The van der Waals surface area contributed by atoms with Crippen LogP contribution in [-0.4, -0.2) is 37.2 Å². The summed E-state index contributed by atoms with van der Waals surface area (Å²) in [7, 11) is 0. The molecule has 0 saturated heterocycles. The summed E-state index contributed by atoms with van der Waals surface area (Å²) in [5, 5.41) is 5.35. The van der Waals surface area contributed by atoms with Gasteiger partial charge in [-0.2, -0.15) is 0 Å². The lowest BCUT2D eigenvalue weighted by molar-refractivity contribution is -0.121. The van der Waals surface area contributed by atoms with Crippen LogP contribution in [0.5, 0.6) is 0 Å². The number of nitrogens with two attached hydrogens (primary N) is 1. The molecule has 0 aliphatic rings. The molecule has 2 amide bonds. The van der Waals surface area contributed by atoms with Gasteiger partial charge < -0.3 is 21.1 Å². The van der Waals surface area contributed by atoms with Crippen molar-refractivity contribution < 1.29 is 14.3 Å². The van der Waals surface area contributed by atoms with Crippen LogP contribution in [0.1, 0.15) is 40.0 Å². The van der Waals surface area contributed by atoms with Crippen molar-refractivity contribution in [1.82, 2.24) is 10.6 Å². The van der Waals surface area contributed by atoms with Gasteiger partial charge in [0.05, 0.1) is 0 Å². The Morgan fingerprint density at radius 1 is 1.11 bits per heavy atom. The molecule has 0 aromatic rings. The molecule has 6 heteroatoms. The van der Waals surface area contributed by atoms with Crippen molar-refractivity contribution in [3.63, 3.8) is 0 Å². The van der Waals surface area contributed by atoms with Gasteiger partial charge in [-0.1, -0.05) is 0 Å². The van der Waals surface area contributed by atoms with E-state index in [2.05, 4.69) is 10.6 Å². The SMILES string of the molecule is CC(C)(C)OC(=O)NCCCC(=O)NCCCN. The second-order valence-corrected chi connectivity index (χ2v) is 5.02. The molecule has 106 valence electrons. The van der Waals surface area contributed by atoms with Crippen molar-refractivity contribution >= 4 is 12.0 Å². The van der Waals surface area contributed by atoms with E-state index in [4.69, 9.17) is 10.5 Å². The highest BCUT2D eigenvalue weighted by Crippen LogP contribution is 2.06. The molecule has 0 fully saturated rings. The van der Waals surface area contributed by atoms with Gasteiger partial charge in [-0.05, 0) is 40.2 Å². The Balaban J connectivity index is 3.50. The number of ether oxygens (including phenoxy) is 1. The van der Waals surface area contributed by atoms with E-state index in [9.17, 15) is 9.59 Å². The standard InChI is InChI=1S/C12H25N3O3/c1-12(2,3)18-11(17)15-8-4-6-10(16)14-9-5-7-13/h4-9,13H2,1-3H3,(H,14,16)(H,15,17). The summed E-state index contributed by atoms with van der Waals surface area (Å²) in [6, 6.07) is 0. The van der Waals surface area contributed by atoms with Gasteiger partial charge in [-0.15, -0.1) is 0 Å². The van der Waals surface area contributed by atoms with Gasteiger partial charge in [0, 0.05) is 19.5 Å². The number of hydrogen-bond acceptors (Lipinski definition) is 4. The molecular weight excluding hydrogens is 234 g/mol. The molecule has 0 heterocycles. The Morgan fingerprint density at radius 2 is 1.72 bits per heavy atom. The third-order valence-electron chi connectivity index (χ3n) is 1.95. The average Bonchev–Trinajstić information content (AvgIpc) is 2.22. The van der Waals surface area contributed by atoms with Gasteiger partial charge in [-0.25, -0.2) is 4.79 Å². The van der Waals surface area contributed by atoms with Crippen LogP contribution >= 0.6 is 0 Å². The quantitative estimate of drug-likeness (QED) is 0.588. The van der Waals surface area contributed by atoms with Crippen LogP contribution in [0.4, 0.5) is 4.79 Å². The maximum absolute atomic E-state index is 11.3. The van der Waals surface area contributed by atoms with E-state index in [0.29, 0.717) is 32.5 Å². The largest absolute Gasteiger partial charge is 0.444 e. The number of carbonyl (C=O) groups is 2. The first-order valence-electron chi connectivity index (χ1n) is 6.29. The first kappa shape index (κ1) is 16.7. The zero-order valence-corrected chi connectivity index (χ0v) is 11.5. The predicted octanol–water partition coefficient (Wildman–Crippen LogP) is 0.756. The highest BCUT2D eigenvalue weighted by Gasteiger charge is 2.15. The van der Waals surface area contributed by atoms with Crippen LogP contribution in [0.2, 0.25) is 0 Å². The molecule has 0 aromatic heterocycles. The van der Waals surface area contributed by atoms with E-state index < -0.39 is 11.7 Å². The Hall–Kier alpha value is -1.30. The second kappa shape index (κ2) is 8.74. The van der Waals surface area contributed by atoms with E-state index in [1.807, 2.05) is 0 Å². The Kier molecular flexibility index (Phi) is 8.11. The Bertz CT molecular complexity index is 262. The first-order chi connectivity index (χ1) is 8.35. The van der Waals surface area contributed by atoms with Crippen LogP contribution < -0.4 is 16.4 Å². The molecule has 18 heavy (non-hydrogen) atoms. The Morgan fingerprint density at radius 3 is 2.28 bits per heavy atom. The lowest BCUT2D eigenvalue weighted by Crippen LogP contribution is -2.33. The molecule has 6 nitrogen and oxygen atoms in total. The molecule has 0 rings (SSSR count). The molecule has 0 aromatic carbocycles. The minimum absolute atomic E-state index is 0.0190. The van der Waals surface area contributed by atoms with Gasteiger partial charge in [0.2, 0.25) is 5.91 Å². The molecular formula is C12H25N3O3. The summed E-state index contributed by atoms with van der Waals surface area (Å²) >= 11 is 0. The number of rotatable bonds is 7. The minimum Gasteiger partial charge on any atom is -0.444 e. The molecule has 0 spiro atoms. The highest BCUT2D eigenvalue weighted by molar-refractivity contribution is 5.75. The summed E-state index contributed by atoms with van der Waals surface area (Å²) in [6.07, 6.45) is 1.31. The van der Waals surface area contributed by atoms with Crippen molar-refractivity contribution in [3.8, 4) is 0 Å². The van der Waals surface area contributed by atoms with E-state index in [1.165, 1.54) is 0 Å². The normalized spacial score (nSPS) is 10.9. The fraction of sp³-hybridized carbons (Fsp3) is 0.833. The van der Waals surface area contributed by atoms with Crippen LogP contribution in [0.3, 0.4) is 0 Å². The maximum Gasteiger partial charge on any atom is 0.407 e. The van der Waals surface area contributed by atoms with E-state index >= 15 is 0 Å². The summed E-state index contributed by atoms with van der Waals surface area (Å²) in [6.45, 7) is 7.01. The third-order valence-corrected chi connectivity index (χ3v) is 1.95. The number of amides is 2. The van der Waals surface area contributed by atoms with E-state index in [1.54, 1.807) is 20.8 Å². The molecule has 0 radical (unpaired) electrons. The Labute approximate surface area is 109 Å². The lowest BCUT2D eigenvalue weighted by Gasteiger charge is -2.19. The minimum atomic E-state index is -0.496. The molecule has 0 bridgehead atoms. The van der Waals surface area contributed by atoms with Gasteiger partial charge in [-0.3, -0.25) is 4.79 Å². The topological polar surface area (TPSA) is 93.4 Å². The fourth-order valence-corrected chi connectivity index (χ4v) is 1.17. The highest BCUT2D eigenvalue weighted by atomic mass is 16.6. The third kappa shape index (κ3) is 11.2. The molecule has 0 aliphatic heterocycles. The summed E-state index contributed by atoms with van der Waals surface area (Å²) < 4.78 is 5.06. The smallest absolute Gasteiger partial charge is 0.407 e. The molecule has 4 N–H and O–H groups in total. The van der Waals surface area contributed by atoms with Crippen molar-refractivity contribution in [3.05, 3.63) is 0 Å². The van der Waals surface area contributed by atoms with Crippen molar-refractivity contribution in [2.24, 2.45) is 5.73 Å². The van der Waals surface area contributed by atoms with Gasteiger partial charge >= 0.3 is 6.09 Å². The van der Waals surface area contributed by atoms with Crippen molar-refractivity contribution in [2.45, 2.75) is 45.6 Å².